The molecule has 0 aliphatic heterocycles. The molecule has 6 nitrogen and oxygen atoms in total. The lowest BCUT2D eigenvalue weighted by molar-refractivity contribution is 0.620. The van der Waals surface area contributed by atoms with Gasteiger partial charge in [0.1, 0.15) is 11.5 Å². The Balaban J connectivity index is 1.87. The number of nitrogens with zero attached hydrogens (tertiary/aromatic N) is 4. The summed E-state index contributed by atoms with van der Waals surface area (Å²) in [5.41, 5.74) is 1.57. The van der Waals surface area contributed by atoms with E-state index in [1.54, 1.807) is 6.20 Å². The maximum absolute atomic E-state index is 5.35. The van der Waals surface area contributed by atoms with Crippen molar-refractivity contribution in [3.63, 3.8) is 0 Å². The van der Waals surface area contributed by atoms with Crippen molar-refractivity contribution in [2.24, 2.45) is 0 Å². The summed E-state index contributed by atoms with van der Waals surface area (Å²) in [5.74, 6) is 0.956. The maximum Gasteiger partial charge on any atom is 0.208 e. The summed E-state index contributed by atoms with van der Waals surface area (Å²) in [6.45, 7) is 2.22. The van der Waals surface area contributed by atoms with E-state index in [0.29, 0.717) is 10.4 Å². The van der Waals surface area contributed by atoms with Crippen LogP contribution in [0.4, 0.5) is 0 Å². The number of aromatic amines is 2. The molecule has 3 heterocycles. The molecule has 106 valence electrons. The van der Waals surface area contributed by atoms with Crippen molar-refractivity contribution < 1.29 is 0 Å². The number of aromatic nitrogens is 6. The summed E-state index contributed by atoms with van der Waals surface area (Å²) in [6, 6.07) is 0. The van der Waals surface area contributed by atoms with Crippen LogP contribution in [0.1, 0.15) is 44.9 Å². The van der Waals surface area contributed by atoms with Gasteiger partial charge in [-0.05, 0) is 18.6 Å². The second kappa shape index (κ2) is 5.70. The normalized spacial score (nSPS) is 11.7. The van der Waals surface area contributed by atoms with E-state index < -0.39 is 0 Å². The fourth-order valence-corrected chi connectivity index (χ4v) is 2.76. The van der Waals surface area contributed by atoms with Crippen LogP contribution in [0, 0.1) is 4.77 Å². The number of nitrogens with one attached hydrogen (secondary N) is 2. The van der Waals surface area contributed by atoms with Crippen LogP contribution in [0.25, 0.3) is 16.7 Å². The minimum absolute atomic E-state index is 0.522. The summed E-state index contributed by atoms with van der Waals surface area (Å²) in [5, 5.41) is 15.2. The first-order chi connectivity index (χ1) is 9.81. The summed E-state index contributed by atoms with van der Waals surface area (Å²) in [4.78, 5) is 4.35. The van der Waals surface area contributed by atoms with Gasteiger partial charge in [0.25, 0.3) is 0 Å². The van der Waals surface area contributed by atoms with Crippen LogP contribution in [-0.2, 0) is 6.42 Å². The van der Waals surface area contributed by atoms with Gasteiger partial charge in [-0.2, -0.15) is 15.2 Å². The molecule has 7 heteroatoms. The first-order valence-corrected chi connectivity index (χ1v) is 7.51. The predicted molar refractivity (Wildman–Crippen MR) is 80.3 cm³/mol. The molecule has 0 bridgehead atoms. The molecular formula is C13H18N6S. The van der Waals surface area contributed by atoms with Crippen molar-refractivity contribution in [3.8, 4) is 0 Å². The van der Waals surface area contributed by atoms with E-state index in [0.717, 1.165) is 29.7 Å². The Morgan fingerprint density at radius 2 is 2.05 bits per heavy atom. The average Bonchev–Trinajstić information content (AvgIpc) is 3.05. The number of hydrogen-bond acceptors (Lipinski definition) is 4. The van der Waals surface area contributed by atoms with E-state index in [1.165, 1.54) is 25.7 Å². The number of unbranched alkanes of at least 4 members (excludes halogenated alkanes) is 4. The smallest absolute Gasteiger partial charge is 0.208 e. The van der Waals surface area contributed by atoms with Crippen molar-refractivity contribution in [1.82, 2.24) is 29.8 Å². The van der Waals surface area contributed by atoms with E-state index in [1.807, 2.05) is 4.40 Å². The Morgan fingerprint density at radius 1 is 1.20 bits per heavy atom. The Kier molecular flexibility index (Phi) is 3.77. The van der Waals surface area contributed by atoms with E-state index in [-0.39, 0.29) is 0 Å². The van der Waals surface area contributed by atoms with Gasteiger partial charge < -0.3 is 0 Å². The molecule has 0 spiro atoms. The Bertz CT molecular complexity index is 768. The second-order valence-electron chi connectivity index (χ2n) is 5.01. The zero-order valence-electron chi connectivity index (χ0n) is 11.5. The van der Waals surface area contributed by atoms with E-state index >= 15 is 0 Å². The van der Waals surface area contributed by atoms with Crippen LogP contribution in [0.5, 0.6) is 0 Å². The fourth-order valence-electron chi connectivity index (χ4n) is 2.47. The molecule has 3 aromatic rings. The average molecular weight is 290 g/mol. The van der Waals surface area contributed by atoms with Gasteiger partial charge in [0.2, 0.25) is 4.77 Å². The maximum atomic E-state index is 5.35. The summed E-state index contributed by atoms with van der Waals surface area (Å²) < 4.78 is 2.45. The van der Waals surface area contributed by atoms with Crippen molar-refractivity contribution in [2.45, 2.75) is 45.4 Å². The molecular weight excluding hydrogens is 272 g/mol. The topological polar surface area (TPSA) is 74.7 Å². The van der Waals surface area contributed by atoms with Crippen LogP contribution in [0.3, 0.4) is 0 Å². The van der Waals surface area contributed by atoms with Crippen molar-refractivity contribution in [1.29, 1.82) is 0 Å². The molecule has 0 fully saturated rings. The zero-order chi connectivity index (χ0) is 13.9. The molecule has 20 heavy (non-hydrogen) atoms. The SMILES string of the molecule is CCCCCCCc1n[nH]c2c3cn[nH]c3nc(=S)n12. The third-order valence-electron chi connectivity index (χ3n) is 3.55. The molecule has 0 unspecified atom stereocenters. The highest BCUT2D eigenvalue weighted by atomic mass is 32.1. The molecule has 2 N–H and O–H groups in total. The molecule has 0 saturated heterocycles. The first kappa shape index (κ1) is 13.2. The van der Waals surface area contributed by atoms with E-state index in [4.69, 9.17) is 12.2 Å². The Hall–Kier alpha value is -1.76. The summed E-state index contributed by atoms with van der Waals surface area (Å²) >= 11 is 5.35. The van der Waals surface area contributed by atoms with Gasteiger partial charge in [-0.25, -0.2) is 0 Å². The highest BCUT2D eigenvalue weighted by Crippen LogP contribution is 2.16. The lowest BCUT2D eigenvalue weighted by Crippen LogP contribution is -1.98. The number of fused-ring (bicyclic) bond motifs is 3. The van der Waals surface area contributed by atoms with E-state index in [9.17, 15) is 0 Å². The number of hydrogen-bond donors (Lipinski definition) is 2. The number of rotatable bonds is 6. The van der Waals surface area contributed by atoms with Gasteiger partial charge in [-0.1, -0.05) is 32.6 Å². The molecule has 0 aliphatic carbocycles. The molecule has 0 radical (unpaired) electrons. The number of aryl methyl sites for hydroxylation is 1. The van der Waals surface area contributed by atoms with Crippen molar-refractivity contribution >= 4 is 28.9 Å². The molecule has 0 aliphatic rings. The lowest BCUT2D eigenvalue weighted by Gasteiger charge is -2.01. The van der Waals surface area contributed by atoms with Crippen LogP contribution in [-0.4, -0.2) is 29.8 Å². The second-order valence-corrected chi connectivity index (χ2v) is 5.38. The summed E-state index contributed by atoms with van der Waals surface area (Å²) in [7, 11) is 0. The standard InChI is InChI=1S/C13H18N6S/c1-2-3-4-5-6-7-10-16-18-12-9-8-14-17-11(9)15-13(20)19(10)12/h8,18H,2-7H2,1H3,(H,15,17,20). The van der Waals surface area contributed by atoms with E-state index in [2.05, 4.69) is 32.3 Å². The van der Waals surface area contributed by atoms with Gasteiger partial charge in [-0.15, -0.1) is 0 Å². The molecule has 0 aromatic carbocycles. The first-order valence-electron chi connectivity index (χ1n) is 7.10. The third kappa shape index (κ3) is 2.33. The zero-order valence-corrected chi connectivity index (χ0v) is 12.3. The largest absolute Gasteiger partial charge is 0.261 e. The van der Waals surface area contributed by atoms with Crippen LogP contribution >= 0.6 is 12.2 Å². The minimum atomic E-state index is 0.522. The highest BCUT2D eigenvalue weighted by molar-refractivity contribution is 7.71. The number of H-pyrrole nitrogens is 2. The highest BCUT2D eigenvalue weighted by Gasteiger charge is 2.11. The van der Waals surface area contributed by atoms with Crippen LogP contribution in [0.2, 0.25) is 0 Å². The van der Waals surface area contributed by atoms with Gasteiger partial charge >= 0.3 is 0 Å². The van der Waals surface area contributed by atoms with Gasteiger partial charge in [0.05, 0.1) is 11.6 Å². The monoisotopic (exact) mass is 290 g/mol. The Morgan fingerprint density at radius 3 is 2.90 bits per heavy atom. The molecule has 3 aromatic heterocycles. The fraction of sp³-hybridized carbons (Fsp3) is 0.538. The van der Waals surface area contributed by atoms with Gasteiger partial charge in [0, 0.05) is 6.42 Å². The lowest BCUT2D eigenvalue weighted by atomic mass is 10.1. The molecule has 0 saturated carbocycles. The van der Waals surface area contributed by atoms with Crippen molar-refractivity contribution in [2.75, 3.05) is 0 Å². The summed E-state index contributed by atoms with van der Waals surface area (Å²) in [6.07, 6.45) is 8.88. The minimum Gasteiger partial charge on any atom is -0.261 e. The quantitative estimate of drug-likeness (QED) is 0.540. The Labute approximate surface area is 121 Å². The van der Waals surface area contributed by atoms with Crippen LogP contribution in [0.15, 0.2) is 6.20 Å². The predicted octanol–water partition coefficient (Wildman–Crippen LogP) is 3.18. The van der Waals surface area contributed by atoms with Crippen LogP contribution < -0.4 is 0 Å². The van der Waals surface area contributed by atoms with Crippen molar-refractivity contribution in [3.05, 3.63) is 16.8 Å². The van der Waals surface area contributed by atoms with Gasteiger partial charge in [0.15, 0.2) is 5.65 Å². The third-order valence-corrected chi connectivity index (χ3v) is 3.82. The molecule has 0 amide bonds. The molecule has 3 rings (SSSR count). The van der Waals surface area contributed by atoms with Gasteiger partial charge in [-0.3, -0.25) is 14.6 Å². The molecule has 0 atom stereocenters.